The van der Waals surface area contributed by atoms with Crippen molar-refractivity contribution in [2.24, 2.45) is 10.7 Å². The summed E-state index contributed by atoms with van der Waals surface area (Å²) in [4.78, 5) is 17.1. The molecule has 3 N–H and O–H groups in total. The molecule has 0 atom stereocenters. The molecule has 0 saturated heterocycles. The number of ether oxygens (including phenoxy) is 2. The van der Waals surface area contributed by atoms with Crippen molar-refractivity contribution < 1.29 is 19.4 Å². The van der Waals surface area contributed by atoms with Crippen molar-refractivity contribution in [3.63, 3.8) is 0 Å². The highest BCUT2D eigenvalue weighted by atomic mass is 16.5. The number of rotatable bonds is 5. The summed E-state index contributed by atoms with van der Waals surface area (Å²) in [5, 5.41) is 10.8. The number of nitrogens with two attached hydrogens (primary N) is 1. The van der Waals surface area contributed by atoms with E-state index in [0.717, 1.165) is 5.56 Å². The molecular formula is C22H28N2O4. The summed E-state index contributed by atoms with van der Waals surface area (Å²) in [6, 6.07) is 5.38. The van der Waals surface area contributed by atoms with E-state index in [-0.39, 0.29) is 23.0 Å². The van der Waals surface area contributed by atoms with Crippen LogP contribution in [0.25, 0.3) is 5.57 Å². The number of carbonyl (C=O) groups is 1. The van der Waals surface area contributed by atoms with Gasteiger partial charge in [-0.15, -0.1) is 0 Å². The predicted octanol–water partition coefficient (Wildman–Crippen LogP) is 4.07. The van der Waals surface area contributed by atoms with Crippen molar-refractivity contribution in [3.05, 3.63) is 60.1 Å². The average molecular weight is 384 g/mol. The van der Waals surface area contributed by atoms with E-state index in [9.17, 15) is 9.90 Å². The fourth-order valence-corrected chi connectivity index (χ4v) is 3.21. The molecule has 1 aromatic carbocycles. The molecule has 0 unspecified atom stereocenters. The molecule has 150 valence electrons. The molecule has 0 spiro atoms. The molecular weight excluding hydrogens is 356 g/mol. The lowest BCUT2D eigenvalue weighted by Gasteiger charge is -2.40. The van der Waals surface area contributed by atoms with Crippen LogP contribution in [0.2, 0.25) is 0 Å². The SMILES string of the molecule is C=C/C(=N\C=C/N)Oc1ccc(CC)c(C2=C(O)C(C)(C)OC(C)(C)C2=O)c1. The lowest BCUT2D eigenvalue weighted by molar-refractivity contribution is -0.158. The Kier molecular flexibility index (Phi) is 6.14. The fraction of sp³-hybridized carbons (Fsp3) is 0.364. The summed E-state index contributed by atoms with van der Waals surface area (Å²) in [6.45, 7) is 12.5. The van der Waals surface area contributed by atoms with Gasteiger partial charge in [0.2, 0.25) is 5.90 Å². The standard InChI is InChI=1S/C22H28N2O4/c1-7-14-9-10-15(27-17(8-2)24-12-11-23)13-16(14)18-19(25)21(3,4)28-22(5,6)20(18)26/h8-13,25H,2,7,23H2,1,3-6H3/b12-11-,24-17+. The van der Waals surface area contributed by atoms with E-state index in [1.54, 1.807) is 39.8 Å². The Labute approximate surface area is 166 Å². The van der Waals surface area contributed by atoms with Crippen molar-refractivity contribution in [2.75, 3.05) is 0 Å². The van der Waals surface area contributed by atoms with Crippen LogP contribution in [0.4, 0.5) is 0 Å². The molecule has 28 heavy (non-hydrogen) atoms. The number of hydrogen-bond acceptors (Lipinski definition) is 6. The van der Waals surface area contributed by atoms with Crippen LogP contribution in [0.1, 0.15) is 45.7 Å². The summed E-state index contributed by atoms with van der Waals surface area (Å²) < 4.78 is 11.6. The van der Waals surface area contributed by atoms with E-state index in [2.05, 4.69) is 11.6 Å². The molecule has 6 heteroatoms. The Morgan fingerprint density at radius 3 is 2.57 bits per heavy atom. The van der Waals surface area contributed by atoms with Crippen LogP contribution in [0.5, 0.6) is 5.75 Å². The summed E-state index contributed by atoms with van der Waals surface area (Å²) in [5.41, 5.74) is 5.03. The van der Waals surface area contributed by atoms with Gasteiger partial charge >= 0.3 is 0 Å². The third-order valence-electron chi connectivity index (χ3n) is 4.51. The van der Waals surface area contributed by atoms with Gasteiger partial charge in [-0.2, -0.15) is 0 Å². The lowest BCUT2D eigenvalue weighted by atomic mass is 9.81. The number of aliphatic hydroxyl groups is 1. The summed E-state index contributed by atoms with van der Waals surface area (Å²) >= 11 is 0. The molecule has 0 fully saturated rings. The number of ketones is 1. The molecule has 0 radical (unpaired) electrons. The van der Waals surface area contributed by atoms with Crippen LogP contribution in [0.3, 0.4) is 0 Å². The predicted molar refractivity (Wildman–Crippen MR) is 111 cm³/mol. The topological polar surface area (TPSA) is 94.1 Å². The molecule has 1 heterocycles. The zero-order valence-electron chi connectivity index (χ0n) is 17.1. The normalized spacial score (nSPS) is 19.2. The number of nitrogens with zero attached hydrogens (tertiary/aromatic N) is 1. The smallest absolute Gasteiger partial charge is 0.218 e. The third-order valence-corrected chi connectivity index (χ3v) is 4.51. The second-order valence-corrected chi connectivity index (χ2v) is 7.46. The van der Waals surface area contributed by atoms with E-state index >= 15 is 0 Å². The maximum atomic E-state index is 13.1. The number of hydrogen-bond donors (Lipinski definition) is 2. The Morgan fingerprint density at radius 2 is 2.00 bits per heavy atom. The number of aliphatic imine (C=N–C) groups is 1. The van der Waals surface area contributed by atoms with Gasteiger partial charge < -0.3 is 20.3 Å². The Bertz CT molecular complexity index is 877. The summed E-state index contributed by atoms with van der Waals surface area (Å²) in [7, 11) is 0. The van der Waals surface area contributed by atoms with E-state index in [1.807, 2.05) is 13.0 Å². The molecule has 1 aromatic rings. The molecule has 0 bridgehead atoms. The average Bonchev–Trinajstić information content (AvgIpc) is 2.63. The molecule has 0 saturated carbocycles. The van der Waals surface area contributed by atoms with Gasteiger partial charge in [-0.05, 0) is 63.5 Å². The fourth-order valence-electron chi connectivity index (χ4n) is 3.21. The molecule has 0 amide bonds. The zero-order valence-corrected chi connectivity index (χ0v) is 17.1. The van der Waals surface area contributed by atoms with Gasteiger partial charge in [0, 0.05) is 12.4 Å². The van der Waals surface area contributed by atoms with Gasteiger partial charge in [-0.3, -0.25) is 4.79 Å². The monoisotopic (exact) mass is 384 g/mol. The van der Waals surface area contributed by atoms with Crippen LogP contribution in [0, 0.1) is 0 Å². The third kappa shape index (κ3) is 4.17. The van der Waals surface area contributed by atoms with Gasteiger partial charge in [0.1, 0.15) is 22.7 Å². The van der Waals surface area contributed by atoms with E-state index < -0.39 is 11.2 Å². The van der Waals surface area contributed by atoms with Crippen LogP contribution in [0.15, 0.2) is 54.0 Å². The molecule has 6 nitrogen and oxygen atoms in total. The number of aliphatic hydroxyl groups excluding tert-OH is 1. The minimum atomic E-state index is -1.06. The second-order valence-electron chi connectivity index (χ2n) is 7.46. The zero-order chi connectivity index (χ0) is 21.1. The van der Waals surface area contributed by atoms with Crippen molar-refractivity contribution in [3.8, 4) is 5.75 Å². The Balaban J connectivity index is 2.63. The van der Waals surface area contributed by atoms with Crippen molar-refractivity contribution in [1.82, 2.24) is 0 Å². The van der Waals surface area contributed by atoms with Crippen LogP contribution < -0.4 is 10.5 Å². The molecule has 0 aliphatic carbocycles. The van der Waals surface area contributed by atoms with Gasteiger partial charge in [-0.25, -0.2) is 4.99 Å². The van der Waals surface area contributed by atoms with Crippen molar-refractivity contribution in [1.29, 1.82) is 0 Å². The van der Waals surface area contributed by atoms with E-state index in [4.69, 9.17) is 15.2 Å². The number of aryl methyl sites for hydroxylation is 1. The van der Waals surface area contributed by atoms with Crippen molar-refractivity contribution in [2.45, 2.75) is 52.2 Å². The maximum absolute atomic E-state index is 13.1. The van der Waals surface area contributed by atoms with Gasteiger partial charge in [0.05, 0.1) is 5.57 Å². The Hall–Kier alpha value is -2.86. The highest BCUT2D eigenvalue weighted by Crippen LogP contribution is 2.41. The van der Waals surface area contributed by atoms with Crippen LogP contribution in [-0.4, -0.2) is 28.0 Å². The number of benzene rings is 1. The first-order chi connectivity index (χ1) is 13.1. The van der Waals surface area contributed by atoms with Crippen molar-refractivity contribution >= 4 is 17.3 Å². The first-order valence-electron chi connectivity index (χ1n) is 9.14. The Morgan fingerprint density at radius 1 is 1.32 bits per heavy atom. The molecule has 2 rings (SSSR count). The minimum Gasteiger partial charge on any atom is -0.508 e. The van der Waals surface area contributed by atoms with Crippen LogP contribution in [-0.2, 0) is 16.0 Å². The molecule has 1 aliphatic heterocycles. The first-order valence-corrected chi connectivity index (χ1v) is 9.14. The number of Topliss-reactive ketones (excluding diaryl/α,β-unsaturated/α-hetero) is 1. The summed E-state index contributed by atoms with van der Waals surface area (Å²) in [6.07, 6.45) is 4.81. The quantitative estimate of drug-likeness (QED) is 0.589. The maximum Gasteiger partial charge on any atom is 0.218 e. The van der Waals surface area contributed by atoms with E-state index in [1.165, 1.54) is 18.5 Å². The molecule has 1 aliphatic rings. The number of carbonyl (C=O) groups excluding carboxylic acids is 1. The van der Waals surface area contributed by atoms with E-state index in [0.29, 0.717) is 17.7 Å². The van der Waals surface area contributed by atoms with Gasteiger partial charge in [-0.1, -0.05) is 19.6 Å². The second kappa shape index (κ2) is 8.02. The first kappa shape index (κ1) is 21.4. The van der Waals surface area contributed by atoms with Gasteiger partial charge in [0.15, 0.2) is 5.78 Å². The van der Waals surface area contributed by atoms with Crippen LogP contribution >= 0.6 is 0 Å². The highest BCUT2D eigenvalue weighted by molar-refractivity contribution is 6.26. The lowest BCUT2D eigenvalue weighted by Crippen LogP contribution is -2.49. The highest BCUT2D eigenvalue weighted by Gasteiger charge is 2.47. The van der Waals surface area contributed by atoms with Gasteiger partial charge in [0.25, 0.3) is 0 Å². The molecule has 0 aromatic heterocycles. The largest absolute Gasteiger partial charge is 0.508 e. The summed E-state index contributed by atoms with van der Waals surface area (Å²) in [5.74, 6) is 0.354. The minimum absolute atomic E-state index is 0.0904.